The SMILES string of the molecule is Cc1cccc(OCCC(=O)Nc2ccc(-n3cccn3)nc2)c1. The summed E-state index contributed by atoms with van der Waals surface area (Å²) >= 11 is 0. The largest absolute Gasteiger partial charge is 0.493 e. The Kier molecular flexibility index (Phi) is 4.86. The van der Waals surface area contributed by atoms with Gasteiger partial charge < -0.3 is 10.1 Å². The lowest BCUT2D eigenvalue weighted by molar-refractivity contribution is -0.116. The molecule has 1 amide bonds. The van der Waals surface area contributed by atoms with E-state index < -0.39 is 0 Å². The maximum Gasteiger partial charge on any atom is 0.227 e. The molecular weight excluding hydrogens is 304 g/mol. The summed E-state index contributed by atoms with van der Waals surface area (Å²) in [6.07, 6.45) is 5.37. The Morgan fingerprint density at radius 3 is 2.88 bits per heavy atom. The van der Waals surface area contributed by atoms with Crippen LogP contribution < -0.4 is 10.1 Å². The van der Waals surface area contributed by atoms with Crippen LogP contribution in [0, 0.1) is 6.92 Å². The summed E-state index contributed by atoms with van der Waals surface area (Å²) in [6.45, 7) is 2.33. The molecule has 2 aromatic heterocycles. The minimum atomic E-state index is -0.115. The summed E-state index contributed by atoms with van der Waals surface area (Å²) < 4.78 is 7.23. The molecule has 3 aromatic rings. The molecule has 0 saturated carbocycles. The lowest BCUT2D eigenvalue weighted by Crippen LogP contribution is -2.15. The fourth-order valence-corrected chi connectivity index (χ4v) is 2.19. The lowest BCUT2D eigenvalue weighted by atomic mass is 10.2. The number of amides is 1. The van der Waals surface area contributed by atoms with Crippen LogP contribution in [0.25, 0.3) is 5.82 Å². The highest BCUT2D eigenvalue weighted by molar-refractivity contribution is 5.90. The van der Waals surface area contributed by atoms with Crippen LogP contribution in [0.5, 0.6) is 5.75 Å². The fourth-order valence-electron chi connectivity index (χ4n) is 2.19. The van der Waals surface area contributed by atoms with Gasteiger partial charge in [-0.15, -0.1) is 0 Å². The van der Waals surface area contributed by atoms with Crippen LogP contribution in [-0.2, 0) is 4.79 Å². The predicted octanol–water partition coefficient (Wildman–Crippen LogP) is 2.98. The van der Waals surface area contributed by atoms with Crippen molar-refractivity contribution in [2.75, 3.05) is 11.9 Å². The molecule has 0 spiro atoms. The van der Waals surface area contributed by atoms with Crippen molar-refractivity contribution in [3.63, 3.8) is 0 Å². The number of hydrogen-bond donors (Lipinski definition) is 1. The van der Waals surface area contributed by atoms with Gasteiger partial charge in [-0.05, 0) is 42.8 Å². The number of rotatable bonds is 6. The molecule has 0 aliphatic heterocycles. The lowest BCUT2D eigenvalue weighted by Gasteiger charge is -2.08. The molecule has 0 aliphatic rings. The third-order valence-electron chi connectivity index (χ3n) is 3.36. The molecule has 0 atom stereocenters. The van der Waals surface area contributed by atoms with Gasteiger partial charge in [-0.3, -0.25) is 4.79 Å². The van der Waals surface area contributed by atoms with Gasteiger partial charge >= 0.3 is 0 Å². The van der Waals surface area contributed by atoms with Crippen LogP contribution >= 0.6 is 0 Å². The van der Waals surface area contributed by atoms with Gasteiger partial charge in [-0.25, -0.2) is 9.67 Å². The number of anilines is 1. The normalized spacial score (nSPS) is 10.4. The number of pyridine rings is 1. The van der Waals surface area contributed by atoms with Crippen LogP contribution in [-0.4, -0.2) is 27.3 Å². The van der Waals surface area contributed by atoms with Gasteiger partial charge in [0.1, 0.15) is 5.75 Å². The molecule has 0 saturated heterocycles. The summed E-state index contributed by atoms with van der Waals surface area (Å²) in [5.74, 6) is 1.35. The summed E-state index contributed by atoms with van der Waals surface area (Å²) in [7, 11) is 0. The number of hydrogen-bond acceptors (Lipinski definition) is 4. The van der Waals surface area contributed by atoms with E-state index in [1.807, 2.05) is 43.5 Å². The van der Waals surface area contributed by atoms with Crippen LogP contribution in [0.15, 0.2) is 61.1 Å². The van der Waals surface area contributed by atoms with Crippen molar-refractivity contribution < 1.29 is 9.53 Å². The second-order valence-electron chi connectivity index (χ2n) is 5.32. The second kappa shape index (κ2) is 7.41. The molecule has 0 fully saturated rings. The molecule has 6 nitrogen and oxygen atoms in total. The quantitative estimate of drug-likeness (QED) is 0.757. The molecular formula is C18H18N4O2. The molecule has 24 heavy (non-hydrogen) atoms. The van der Waals surface area contributed by atoms with Gasteiger partial charge in [0, 0.05) is 12.4 Å². The Bertz CT molecular complexity index is 798. The van der Waals surface area contributed by atoms with Crippen molar-refractivity contribution in [3.8, 4) is 11.6 Å². The summed E-state index contributed by atoms with van der Waals surface area (Å²) in [4.78, 5) is 16.2. The average molecular weight is 322 g/mol. The number of carbonyl (C=O) groups is 1. The first-order valence-electron chi connectivity index (χ1n) is 7.66. The molecule has 2 heterocycles. The van der Waals surface area contributed by atoms with Gasteiger partial charge in [-0.2, -0.15) is 5.10 Å². The molecule has 1 N–H and O–H groups in total. The highest BCUT2D eigenvalue weighted by Gasteiger charge is 2.05. The van der Waals surface area contributed by atoms with Crippen LogP contribution in [0.4, 0.5) is 5.69 Å². The van der Waals surface area contributed by atoms with E-state index in [1.165, 1.54) is 0 Å². The minimum Gasteiger partial charge on any atom is -0.493 e. The monoisotopic (exact) mass is 322 g/mol. The minimum absolute atomic E-state index is 0.115. The first-order chi connectivity index (χ1) is 11.7. The molecule has 0 bridgehead atoms. The van der Waals surface area contributed by atoms with E-state index in [9.17, 15) is 4.79 Å². The van der Waals surface area contributed by atoms with Crippen molar-refractivity contribution in [1.29, 1.82) is 0 Å². The zero-order chi connectivity index (χ0) is 16.8. The topological polar surface area (TPSA) is 69.0 Å². The van der Waals surface area contributed by atoms with Crippen molar-refractivity contribution in [2.24, 2.45) is 0 Å². The van der Waals surface area contributed by atoms with Crippen molar-refractivity contribution in [1.82, 2.24) is 14.8 Å². The van der Waals surface area contributed by atoms with Crippen molar-refractivity contribution in [2.45, 2.75) is 13.3 Å². The number of benzene rings is 1. The number of nitrogens with one attached hydrogen (secondary N) is 1. The third-order valence-corrected chi connectivity index (χ3v) is 3.36. The van der Waals surface area contributed by atoms with E-state index in [-0.39, 0.29) is 12.3 Å². The number of aromatic nitrogens is 3. The summed E-state index contributed by atoms with van der Waals surface area (Å²) in [5, 5.41) is 6.90. The van der Waals surface area contributed by atoms with E-state index in [4.69, 9.17) is 4.74 Å². The molecule has 6 heteroatoms. The van der Waals surface area contributed by atoms with Gasteiger partial charge in [0.25, 0.3) is 0 Å². The number of ether oxygens (including phenoxy) is 1. The Morgan fingerprint density at radius 2 is 2.17 bits per heavy atom. The first-order valence-corrected chi connectivity index (χ1v) is 7.66. The second-order valence-corrected chi connectivity index (χ2v) is 5.32. The predicted molar refractivity (Wildman–Crippen MR) is 91.3 cm³/mol. The third kappa shape index (κ3) is 4.19. The molecule has 0 unspecified atom stereocenters. The van der Waals surface area contributed by atoms with E-state index in [2.05, 4.69) is 15.4 Å². The summed E-state index contributed by atoms with van der Waals surface area (Å²) in [5.41, 5.74) is 1.77. The van der Waals surface area contributed by atoms with Crippen LogP contribution in [0.1, 0.15) is 12.0 Å². The highest BCUT2D eigenvalue weighted by atomic mass is 16.5. The zero-order valence-electron chi connectivity index (χ0n) is 13.3. The fraction of sp³-hybridized carbons (Fsp3) is 0.167. The Labute approximate surface area is 140 Å². The van der Waals surface area contributed by atoms with Crippen molar-refractivity contribution in [3.05, 3.63) is 66.6 Å². The molecule has 0 aliphatic carbocycles. The van der Waals surface area contributed by atoms with Gasteiger partial charge in [-0.1, -0.05) is 12.1 Å². The average Bonchev–Trinajstić information content (AvgIpc) is 3.10. The number of aryl methyl sites for hydroxylation is 1. The first kappa shape index (κ1) is 15.7. The Morgan fingerprint density at radius 1 is 1.25 bits per heavy atom. The summed E-state index contributed by atoms with van der Waals surface area (Å²) in [6, 6.07) is 13.2. The smallest absolute Gasteiger partial charge is 0.227 e. The standard InChI is InChI=1S/C18H18N4O2/c1-14-4-2-5-16(12-14)24-11-8-18(23)21-15-6-7-17(19-13-15)22-10-3-9-20-22/h2-7,9-10,12-13H,8,11H2,1H3,(H,21,23). The van der Waals surface area contributed by atoms with E-state index in [0.717, 1.165) is 11.3 Å². The Hall–Kier alpha value is -3.15. The maximum absolute atomic E-state index is 11.9. The van der Waals surface area contributed by atoms with Gasteiger partial charge in [0.2, 0.25) is 5.91 Å². The van der Waals surface area contributed by atoms with Crippen molar-refractivity contribution >= 4 is 11.6 Å². The molecule has 0 radical (unpaired) electrons. The zero-order valence-corrected chi connectivity index (χ0v) is 13.3. The molecule has 122 valence electrons. The van der Waals surface area contributed by atoms with Crippen LogP contribution in [0.2, 0.25) is 0 Å². The number of carbonyl (C=O) groups excluding carboxylic acids is 1. The molecule has 1 aromatic carbocycles. The Balaban J connectivity index is 1.48. The van der Waals surface area contributed by atoms with Gasteiger partial charge in [0.05, 0.1) is 24.9 Å². The molecule has 3 rings (SSSR count). The number of nitrogens with zero attached hydrogens (tertiary/aromatic N) is 3. The highest BCUT2D eigenvalue weighted by Crippen LogP contribution is 2.13. The van der Waals surface area contributed by atoms with Crippen LogP contribution in [0.3, 0.4) is 0 Å². The van der Waals surface area contributed by atoms with E-state index in [1.54, 1.807) is 29.2 Å². The maximum atomic E-state index is 11.9. The van der Waals surface area contributed by atoms with E-state index >= 15 is 0 Å². The van der Waals surface area contributed by atoms with Gasteiger partial charge in [0.15, 0.2) is 5.82 Å². The van der Waals surface area contributed by atoms with E-state index in [0.29, 0.717) is 18.1 Å².